The third-order valence-electron chi connectivity index (χ3n) is 4.34. The summed E-state index contributed by atoms with van der Waals surface area (Å²) in [6.07, 6.45) is -4.33. The number of hydrogen-bond donors (Lipinski definition) is 1. The number of carbonyl (C=O) groups excluding carboxylic acids is 1. The number of ketones is 1. The van der Waals surface area contributed by atoms with E-state index < -0.39 is 6.36 Å². The molecule has 0 fully saturated rings. The molecule has 0 radical (unpaired) electrons. The van der Waals surface area contributed by atoms with Gasteiger partial charge in [0.15, 0.2) is 10.9 Å². The maximum atomic E-state index is 12.4. The van der Waals surface area contributed by atoms with Crippen molar-refractivity contribution in [3.05, 3.63) is 42.0 Å². The second kappa shape index (κ2) is 7.03. The average molecular weight is 420 g/mol. The topological polar surface area (TPSA) is 69.0 Å². The van der Waals surface area contributed by atoms with Crippen LogP contribution in [0.4, 0.5) is 24.3 Å². The van der Waals surface area contributed by atoms with Crippen LogP contribution >= 0.6 is 11.3 Å². The van der Waals surface area contributed by atoms with Crippen LogP contribution in [0.25, 0.3) is 21.3 Å². The lowest BCUT2D eigenvalue weighted by molar-refractivity contribution is -0.274. The van der Waals surface area contributed by atoms with Crippen molar-refractivity contribution in [1.29, 1.82) is 0 Å². The Morgan fingerprint density at radius 2 is 1.93 bits per heavy atom. The lowest BCUT2D eigenvalue weighted by Crippen LogP contribution is -2.16. The smallest absolute Gasteiger partial charge is 0.406 e. The molecule has 2 aromatic carbocycles. The van der Waals surface area contributed by atoms with Gasteiger partial charge >= 0.3 is 6.36 Å². The zero-order valence-corrected chi connectivity index (χ0v) is 16.2. The monoisotopic (exact) mass is 420 g/mol. The number of Topliss-reactive ketones (excluding diaryl/α,β-unsaturated/α-hetero) is 1. The Morgan fingerprint density at radius 1 is 1.17 bits per heavy atom. The van der Waals surface area contributed by atoms with Crippen molar-refractivity contribution in [2.24, 2.45) is 7.05 Å². The predicted molar refractivity (Wildman–Crippen MR) is 105 cm³/mol. The predicted octanol–water partition coefficient (Wildman–Crippen LogP) is 5.42. The average Bonchev–Trinajstić information content (AvgIpc) is 3.20. The van der Waals surface area contributed by atoms with Gasteiger partial charge in [0.2, 0.25) is 5.95 Å². The Morgan fingerprint density at radius 3 is 2.66 bits per heavy atom. The van der Waals surface area contributed by atoms with Crippen molar-refractivity contribution in [2.45, 2.75) is 19.7 Å². The van der Waals surface area contributed by atoms with E-state index in [2.05, 4.69) is 20.0 Å². The van der Waals surface area contributed by atoms with Crippen molar-refractivity contribution in [1.82, 2.24) is 14.5 Å². The lowest BCUT2D eigenvalue weighted by Gasteiger charge is -2.07. The van der Waals surface area contributed by atoms with Crippen LogP contribution in [0.3, 0.4) is 0 Å². The highest BCUT2D eigenvalue weighted by molar-refractivity contribution is 7.22. The van der Waals surface area contributed by atoms with Crippen molar-refractivity contribution in [2.75, 3.05) is 5.32 Å². The fourth-order valence-electron chi connectivity index (χ4n) is 2.93. The van der Waals surface area contributed by atoms with Crippen LogP contribution in [0.15, 0.2) is 36.4 Å². The maximum absolute atomic E-state index is 12.4. The fraction of sp³-hybridized carbons (Fsp3) is 0.211. The van der Waals surface area contributed by atoms with Crippen molar-refractivity contribution in [3.8, 4) is 5.75 Å². The third-order valence-corrected chi connectivity index (χ3v) is 5.27. The van der Waals surface area contributed by atoms with E-state index in [1.54, 1.807) is 36.7 Å². The summed E-state index contributed by atoms with van der Waals surface area (Å²) in [6, 6.07) is 9.30. The number of alkyl halides is 3. The normalized spacial score (nSPS) is 11.9. The molecule has 2 aromatic heterocycles. The zero-order valence-electron chi connectivity index (χ0n) is 15.4. The van der Waals surface area contributed by atoms with Crippen molar-refractivity contribution in [3.63, 3.8) is 0 Å². The highest BCUT2D eigenvalue weighted by Crippen LogP contribution is 2.33. The van der Waals surface area contributed by atoms with Crippen LogP contribution in [-0.4, -0.2) is 26.7 Å². The first-order valence-corrected chi connectivity index (χ1v) is 9.48. The van der Waals surface area contributed by atoms with Gasteiger partial charge in [0.25, 0.3) is 0 Å². The number of anilines is 2. The van der Waals surface area contributed by atoms with Crippen molar-refractivity contribution < 1.29 is 22.7 Å². The molecule has 0 amide bonds. The van der Waals surface area contributed by atoms with Gasteiger partial charge in [-0.1, -0.05) is 18.3 Å². The Kier molecular flexibility index (Phi) is 4.65. The Hall–Kier alpha value is -3.14. The number of benzene rings is 2. The first-order chi connectivity index (χ1) is 13.7. The van der Waals surface area contributed by atoms with E-state index in [1.807, 2.05) is 0 Å². The molecule has 0 saturated carbocycles. The van der Waals surface area contributed by atoms with Crippen LogP contribution in [0.1, 0.15) is 23.7 Å². The third kappa shape index (κ3) is 3.88. The molecule has 29 heavy (non-hydrogen) atoms. The summed E-state index contributed by atoms with van der Waals surface area (Å²) in [6.45, 7) is 1.81. The van der Waals surface area contributed by atoms with Gasteiger partial charge in [0, 0.05) is 25.1 Å². The van der Waals surface area contributed by atoms with E-state index >= 15 is 0 Å². The number of rotatable bonds is 5. The fourth-order valence-corrected chi connectivity index (χ4v) is 3.82. The van der Waals surface area contributed by atoms with E-state index in [-0.39, 0.29) is 11.5 Å². The van der Waals surface area contributed by atoms with E-state index in [1.165, 1.54) is 29.5 Å². The number of imidazole rings is 1. The molecule has 6 nitrogen and oxygen atoms in total. The zero-order chi connectivity index (χ0) is 20.8. The van der Waals surface area contributed by atoms with E-state index in [4.69, 9.17) is 0 Å². The lowest BCUT2D eigenvalue weighted by atomic mass is 10.1. The molecule has 0 aliphatic rings. The molecule has 1 N–H and O–H groups in total. The second-order valence-corrected chi connectivity index (χ2v) is 7.33. The summed E-state index contributed by atoms with van der Waals surface area (Å²) in [5.41, 5.74) is 2.66. The molecular weight excluding hydrogens is 405 g/mol. The second-order valence-electron chi connectivity index (χ2n) is 6.30. The molecule has 0 aliphatic carbocycles. The molecule has 0 aliphatic heterocycles. The van der Waals surface area contributed by atoms with Crippen molar-refractivity contribution >= 4 is 49.4 Å². The summed E-state index contributed by atoms with van der Waals surface area (Å²) >= 11 is 1.19. The quantitative estimate of drug-likeness (QED) is 0.437. The molecule has 10 heteroatoms. The SMILES string of the molecule is CCC(=O)c1ccc2nc(Nc3nc4ccc(OC(F)(F)F)cc4s3)n(C)c2c1. The maximum Gasteiger partial charge on any atom is 0.573 e. The summed E-state index contributed by atoms with van der Waals surface area (Å²) in [5.74, 6) is 0.258. The molecular formula is C19H15F3N4O2S. The number of aromatic nitrogens is 3. The molecule has 0 saturated heterocycles. The number of halogens is 3. The van der Waals surface area contributed by atoms with Crippen LogP contribution in [0.5, 0.6) is 5.75 Å². The number of hydrogen-bond acceptors (Lipinski definition) is 6. The number of nitrogens with one attached hydrogen (secondary N) is 1. The minimum absolute atomic E-state index is 0.0469. The first-order valence-electron chi connectivity index (χ1n) is 8.66. The molecule has 0 bridgehead atoms. The molecule has 150 valence electrons. The molecule has 4 aromatic rings. The van der Waals surface area contributed by atoms with Gasteiger partial charge in [-0.25, -0.2) is 9.97 Å². The van der Waals surface area contributed by atoms with E-state index in [0.29, 0.717) is 38.8 Å². The number of carbonyl (C=O) groups is 1. The molecule has 4 rings (SSSR count). The first kappa shape index (κ1) is 19.2. The molecule has 0 unspecified atom stereocenters. The van der Waals surface area contributed by atoms with Crippen LogP contribution in [-0.2, 0) is 7.05 Å². The summed E-state index contributed by atoms with van der Waals surface area (Å²) in [4.78, 5) is 20.8. The van der Waals surface area contributed by atoms with E-state index in [9.17, 15) is 18.0 Å². The summed E-state index contributed by atoms with van der Waals surface area (Å²) in [7, 11) is 1.81. The number of fused-ring (bicyclic) bond motifs is 2. The molecule has 0 atom stereocenters. The highest BCUT2D eigenvalue weighted by atomic mass is 32.1. The Labute approximate surface area is 166 Å². The minimum Gasteiger partial charge on any atom is -0.406 e. The van der Waals surface area contributed by atoms with Crippen LogP contribution in [0, 0.1) is 0 Å². The van der Waals surface area contributed by atoms with Gasteiger partial charge in [0.05, 0.1) is 21.3 Å². The van der Waals surface area contributed by atoms with Crippen LogP contribution < -0.4 is 10.1 Å². The highest BCUT2D eigenvalue weighted by Gasteiger charge is 2.31. The van der Waals surface area contributed by atoms with Gasteiger partial charge in [0.1, 0.15) is 5.75 Å². The van der Waals surface area contributed by atoms with Gasteiger partial charge in [-0.3, -0.25) is 4.79 Å². The van der Waals surface area contributed by atoms with E-state index in [0.717, 1.165) is 5.52 Å². The number of nitrogens with zero attached hydrogens (tertiary/aromatic N) is 3. The van der Waals surface area contributed by atoms with Gasteiger partial charge < -0.3 is 14.6 Å². The van der Waals surface area contributed by atoms with Crippen LogP contribution in [0.2, 0.25) is 0 Å². The Bertz CT molecular complexity index is 1230. The number of aryl methyl sites for hydroxylation is 1. The molecule has 0 spiro atoms. The van der Waals surface area contributed by atoms with Gasteiger partial charge in [-0.15, -0.1) is 13.2 Å². The number of ether oxygens (including phenoxy) is 1. The van der Waals surface area contributed by atoms with Gasteiger partial charge in [-0.05, 0) is 30.3 Å². The summed E-state index contributed by atoms with van der Waals surface area (Å²) < 4.78 is 43.5. The Balaban J connectivity index is 1.64. The largest absolute Gasteiger partial charge is 0.573 e. The standard InChI is InChI=1S/C19H15F3N4O2S/c1-3-15(27)10-4-6-12-14(8-10)26(2)17(23-12)25-18-24-13-7-5-11(9-16(13)29-18)28-19(20,21)22/h4-9H,3H2,1-2H3,(H,23,24,25). The number of thiazole rings is 1. The minimum atomic E-state index is -4.75. The summed E-state index contributed by atoms with van der Waals surface area (Å²) in [5, 5.41) is 3.57. The van der Waals surface area contributed by atoms with Gasteiger partial charge in [-0.2, -0.15) is 0 Å². The molecule has 2 heterocycles.